The first-order chi connectivity index (χ1) is 10.6. The van der Waals surface area contributed by atoms with Crippen molar-refractivity contribution in [3.8, 4) is 5.75 Å². The van der Waals surface area contributed by atoms with E-state index < -0.39 is 17.4 Å². The van der Waals surface area contributed by atoms with Crippen LogP contribution >= 0.6 is 0 Å². The number of fused-ring (bicyclic) bond motifs is 1. The van der Waals surface area contributed by atoms with Gasteiger partial charge in [0.15, 0.2) is 0 Å². The number of aromatic nitrogens is 1. The van der Waals surface area contributed by atoms with Gasteiger partial charge in [-0.05, 0) is 30.7 Å². The first-order valence-corrected chi connectivity index (χ1v) is 6.86. The summed E-state index contributed by atoms with van der Waals surface area (Å²) in [6, 6.07) is 10.6. The van der Waals surface area contributed by atoms with Crippen LogP contribution in [0.5, 0.6) is 5.75 Å². The monoisotopic (exact) mass is 297 g/mol. The lowest BCUT2D eigenvalue weighted by atomic mass is 10.0. The van der Waals surface area contributed by atoms with E-state index in [-0.39, 0.29) is 6.54 Å². The van der Waals surface area contributed by atoms with E-state index in [2.05, 4.69) is 15.6 Å². The molecule has 6 heteroatoms. The predicted molar refractivity (Wildman–Crippen MR) is 80.2 cm³/mol. The fraction of sp³-hybridized carbons (Fsp3) is 0.188. The summed E-state index contributed by atoms with van der Waals surface area (Å²) in [5.74, 6) is -0.514. The molecular weight excluding hydrogens is 282 g/mol. The van der Waals surface area contributed by atoms with Gasteiger partial charge in [0.2, 0.25) is 0 Å². The zero-order valence-electron chi connectivity index (χ0n) is 12.0. The summed E-state index contributed by atoms with van der Waals surface area (Å²) in [6.45, 7) is 1.73. The normalized spacial score (nSPS) is 19.6. The molecule has 2 aromatic rings. The summed E-state index contributed by atoms with van der Waals surface area (Å²) in [4.78, 5) is 28.6. The van der Waals surface area contributed by atoms with Gasteiger partial charge in [0.05, 0.1) is 5.69 Å². The molecule has 1 unspecified atom stereocenters. The summed E-state index contributed by atoms with van der Waals surface area (Å²) in [7, 11) is 0. The summed E-state index contributed by atoms with van der Waals surface area (Å²) < 4.78 is 5.64. The number of nitrogens with zero attached hydrogens (tertiary/aromatic N) is 1. The number of para-hydroxylation sites is 2. The molecule has 6 nitrogen and oxygen atoms in total. The Labute approximate surface area is 127 Å². The molecule has 0 aliphatic carbocycles. The van der Waals surface area contributed by atoms with Gasteiger partial charge in [-0.2, -0.15) is 0 Å². The van der Waals surface area contributed by atoms with Crippen molar-refractivity contribution in [1.29, 1.82) is 0 Å². The number of carbonyl (C=O) groups excluding carboxylic acids is 2. The van der Waals surface area contributed by atoms with Crippen molar-refractivity contribution in [2.45, 2.75) is 19.1 Å². The van der Waals surface area contributed by atoms with Gasteiger partial charge < -0.3 is 15.4 Å². The van der Waals surface area contributed by atoms with Crippen molar-refractivity contribution in [2.75, 3.05) is 5.32 Å². The molecule has 2 N–H and O–H groups in total. The highest BCUT2D eigenvalue weighted by Gasteiger charge is 2.47. The second kappa shape index (κ2) is 5.48. The molecule has 1 aliphatic heterocycles. The third kappa shape index (κ3) is 2.50. The Hall–Kier alpha value is -2.89. The number of nitrogens with one attached hydrogen (secondary N) is 2. The maximum absolute atomic E-state index is 12.4. The standard InChI is InChI=1S/C16H15N3O3/c1-16(14(20)18-10-11-5-4-8-17-9-11)15(21)19-12-6-2-3-7-13(12)22-16/h2-9H,10H2,1H3,(H,18,20)(H,19,21). The lowest BCUT2D eigenvalue weighted by molar-refractivity contribution is -0.146. The number of pyridine rings is 1. The summed E-state index contributed by atoms with van der Waals surface area (Å²) in [6.07, 6.45) is 3.31. The summed E-state index contributed by atoms with van der Waals surface area (Å²) in [5.41, 5.74) is -0.197. The molecule has 0 spiro atoms. The van der Waals surface area contributed by atoms with Gasteiger partial charge in [0.1, 0.15) is 5.75 Å². The minimum Gasteiger partial charge on any atom is -0.466 e. The Morgan fingerprint density at radius 2 is 2.14 bits per heavy atom. The van der Waals surface area contributed by atoms with Crippen LogP contribution in [0.3, 0.4) is 0 Å². The average Bonchev–Trinajstić information content (AvgIpc) is 2.54. The Morgan fingerprint density at radius 3 is 2.91 bits per heavy atom. The van der Waals surface area contributed by atoms with Crippen molar-refractivity contribution in [1.82, 2.24) is 10.3 Å². The van der Waals surface area contributed by atoms with Crippen LogP contribution in [0, 0.1) is 0 Å². The van der Waals surface area contributed by atoms with Crippen LogP contribution in [0.1, 0.15) is 12.5 Å². The second-order valence-electron chi connectivity index (χ2n) is 5.13. The fourth-order valence-corrected chi connectivity index (χ4v) is 2.17. The molecule has 1 aliphatic rings. The Morgan fingerprint density at radius 1 is 1.32 bits per heavy atom. The molecule has 22 heavy (non-hydrogen) atoms. The van der Waals surface area contributed by atoms with Crippen LogP contribution in [-0.2, 0) is 16.1 Å². The van der Waals surface area contributed by atoms with Crippen molar-refractivity contribution in [2.24, 2.45) is 0 Å². The predicted octanol–water partition coefficient (Wildman–Crippen LogP) is 1.49. The molecule has 1 aromatic carbocycles. The van der Waals surface area contributed by atoms with Crippen LogP contribution in [0.15, 0.2) is 48.8 Å². The number of benzene rings is 1. The van der Waals surface area contributed by atoms with Crippen molar-refractivity contribution in [3.05, 3.63) is 54.4 Å². The Bertz CT molecular complexity index is 718. The third-order valence-electron chi connectivity index (χ3n) is 3.49. The molecular formula is C16H15N3O3. The first-order valence-electron chi connectivity index (χ1n) is 6.86. The molecule has 1 aromatic heterocycles. The van der Waals surface area contributed by atoms with Crippen LogP contribution in [0.2, 0.25) is 0 Å². The number of anilines is 1. The van der Waals surface area contributed by atoms with Crippen molar-refractivity contribution < 1.29 is 14.3 Å². The van der Waals surface area contributed by atoms with Crippen LogP contribution < -0.4 is 15.4 Å². The lowest BCUT2D eigenvalue weighted by Crippen LogP contribution is -2.58. The lowest BCUT2D eigenvalue weighted by Gasteiger charge is -2.33. The highest BCUT2D eigenvalue weighted by molar-refractivity contribution is 6.15. The largest absolute Gasteiger partial charge is 0.466 e. The zero-order chi connectivity index (χ0) is 15.6. The zero-order valence-corrected chi connectivity index (χ0v) is 12.0. The SMILES string of the molecule is CC1(C(=O)NCc2cccnc2)Oc2ccccc2NC1=O. The van der Waals surface area contributed by atoms with Gasteiger partial charge in [-0.3, -0.25) is 14.6 Å². The molecule has 0 saturated heterocycles. The molecule has 0 saturated carbocycles. The number of ether oxygens (including phenoxy) is 1. The summed E-state index contributed by atoms with van der Waals surface area (Å²) >= 11 is 0. The van der Waals surface area contributed by atoms with E-state index in [9.17, 15) is 9.59 Å². The van der Waals surface area contributed by atoms with E-state index in [0.717, 1.165) is 5.56 Å². The van der Waals surface area contributed by atoms with Crippen LogP contribution in [0.4, 0.5) is 5.69 Å². The van der Waals surface area contributed by atoms with Gasteiger partial charge in [0, 0.05) is 18.9 Å². The number of hydrogen-bond acceptors (Lipinski definition) is 4. The van der Waals surface area contributed by atoms with Crippen LogP contribution in [-0.4, -0.2) is 22.4 Å². The Balaban J connectivity index is 1.75. The maximum Gasteiger partial charge on any atom is 0.278 e. The van der Waals surface area contributed by atoms with E-state index in [1.807, 2.05) is 6.07 Å². The van der Waals surface area contributed by atoms with E-state index in [4.69, 9.17) is 4.74 Å². The number of rotatable bonds is 3. The van der Waals surface area contributed by atoms with E-state index in [1.54, 1.807) is 42.7 Å². The quantitative estimate of drug-likeness (QED) is 0.841. The Kier molecular flexibility index (Phi) is 3.50. The fourth-order valence-electron chi connectivity index (χ4n) is 2.17. The van der Waals surface area contributed by atoms with Gasteiger partial charge >= 0.3 is 0 Å². The molecule has 2 amide bonds. The number of amides is 2. The van der Waals surface area contributed by atoms with Gasteiger partial charge in [-0.15, -0.1) is 0 Å². The van der Waals surface area contributed by atoms with Gasteiger partial charge in [-0.1, -0.05) is 18.2 Å². The smallest absolute Gasteiger partial charge is 0.278 e. The molecule has 2 heterocycles. The van der Waals surface area contributed by atoms with Gasteiger partial charge in [0.25, 0.3) is 17.4 Å². The maximum atomic E-state index is 12.4. The molecule has 112 valence electrons. The molecule has 3 rings (SSSR count). The average molecular weight is 297 g/mol. The van der Waals surface area contributed by atoms with E-state index >= 15 is 0 Å². The molecule has 0 fully saturated rings. The first kappa shape index (κ1) is 14.1. The number of carbonyl (C=O) groups is 2. The van der Waals surface area contributed by atoms with Crippen molar-refractivity contribution in [3.63, 3.8) is 0 Å². The second-order valence-corrected chi connectivity index (χ2v) is 5.13. The van der Waals surface area contributed by atoms with E-state index in [0.29, 0.717) is 11.4 Å². The highest BCUT2D eigenvalue weighted by atomic mass is 16.5. The molecule has 0 bridgehead atoms. The topological polar surface area (TPSA) is 80.3 Å². The minimum atomic E-state index is -1.60. The summed E-state index contributed by atoms with van der Waals surface area (Å²) in [5, 5.41) is 5.40. The minimum absolute atomic E-state index is 0.278. The number of hydrogen-bond donors (Lipinski definition) is 2. The third-order valence-corrected chi connectivity index (χ3v) is 3.49. The molecule has 0 radical (unpaired) electrons. The van der Waals surface area contributed by atoms with Crippen LogP contribution in [0.25, 0.3) is 0 Å². The van der Waals surface area contributed by atoms with Crippen molar-refractivity contribution >= 4 is 17.5 Å². The van der Waals surface area contributed by atoms with E-state index in [1.165, 1.54) is 6.92 Å². The highest BCUT2D eigenvalue weighted by Crippen LogP contribution is 2.33. The van der Waals surface area contributed by atoms with Gasteiger partial charge in [-0.25, -0.2) is 0 Å². The molecule has 1 atom stereocenters.